The molecule has 5 aromatic carbocycles. The summed E-state index contributed by atoms with van der Waals surface area (Å²) >= 11 is 3.61. The monoisotopic (exact) mass is 529 g/mol. The van der Waals surface area contributed by atoms with Gasteiger partial charge in [0, 0.05) is 10.0 Å². The van der Waals surface area contributed by atoms with Gasteiger partial charge in [0.05, 0.1) is 0 Å². The van der Waals surface area contributed by atoms with Crippen LogP contribution in [0.2, 0.25) is 0 Å². The highest BCUT2D eigenvalue weighted by Crippen LogP contribution is 2.71. The van der Waals surface area contributed by atoms with Crippen molar-refractivity contribution >= 4 is 21.8 Å². The highest BCUT2D eigenvalue weighted by Gasteiger charge is 2.79. The fraction of sp³-hybridized carbons (Fsp3) is 0.0606. The van der Waals surface area contributed by atoms with Crippen molar-refractivity contribution in [3.8, 4) is 0 Å². The smallest absolute Gasteiger partial charge is 0.256 e. The topological polar surface area (TPSA) is 20.1 Å². The van der Waals surface area contributed by atoms with E-state index >= 15 is 0 Å². The standard InChI is InChI=1S/C33H24BrNO/c34-30-23-21-29(22-24-30)33(28-19-11-4-12-20-28)32(26-15-7-2-8-16-26,27-17-9-3-10-18-27)35(33)31(36)25-13-5-1-6-14-25/h1-24H. The van der Waals surface area contributed by atoms with E-state index in [1.165, 1.54) is 0 Å². The lowest BCUT2D eigenvalue weighted by molar-refractivity contribution is 0.0842. The van der Waals surface area contributed by atoms with Crippen LogP contribution in [0, 0.1) is 0 Å². The first-order chi connectivity index (χ1) is 17.7. The third kappa shape index (κ3) is 3.20. The molecular formula is C33H24BrNO. The largest absolute Gasteiger partial charge is 0.305 e. The maximum Gasteiger partial charge on any atom is 0.256 e. The summed E-state index contributed by atoms with van der Waals surface area (Å²) in [6.45, 7) is 0. The number of benzene rings is 5. The third-order valence-electron chi connectivity index (χ3n) is 7.20. The lowest BCUT2D eigenvalue weighted by atomic mass is 9.74. The van der Waals surface area contributed by atoms with Crippen molar-refractivity contribution < 1.29 is 4.79 Å². The van der Waals surface area contributed by atoms with Crippen LogP contribution in [0.4, 0.5) is 0 Å². The second-order valence-electron chi connectivity index (χ2n) is 9.03. The van der Waals surface area contributed by atoms with Crippen LogP contribution in [0.15, 0.2) is 150 Å². The molecule has 0 aromatic heterocycles. The number of hydrogen-bond donors (Lipinski definition) is 0. The minimum atomic E-state index is -0.745. The van der Waals surface area contributed by atoms with Gasteiger partial charge in [0.2, 0.25) is 0 Å². The van der Waals surface area contributed by atoms with Crippen molar-refractivity contribution in [2.24, 2.45) is 0 Å². The summed E-state index contributed by atoms with van der Waals surface area (Å²) in [6, 6.07) is 49.2. The average molecular weight is 530 g/mol. The van der Waals surface area contributed by atoms with Gasteiger partial charge in [-0.3, -0.25) is 4.79 Å². The van der Waals surface area contributed by atoms with E-state index in [0.29, 0.717) is 5.56 Å². The van der Waals surface area contributed by atoms with Crippen molar-refractivity contribution in [1.82, 2.24) is 4.90 Å². The van der Waals surface area contributed by atoms with Crippen molar-refractivity contribution in [3.05, 3.63) is 178 Å². The first-order valence-corrected chi connectivity index (χ1v) is 12.8. The van der Waals surface area contributed by atoms with Gasteiger partial charge in [0.25, 0.3) is 5.91 Å². The molecule has 5 aromatic rings. The zero-order valence-electron chi connectivity index (χ0n) is 19.6. The second kappa shape index (κ2) is 8.92. The Morgan fingerprint density at radius 3 is 1.19 bits per heavy atom. The lowest BCUT2D eigenvalue weighted by Crippen LogP contribution is -2.25. The first kappa shape index (κ1) is 22.5. The number of amides is 1. The molecule has 0 saturated carbocycles. The molecule has 36 heavy (non-hydrogen) atoms. The molecule has 1 fully saturated rings. The van der Waals surface area contributed by atoms with Gasteiger partial charge in [-0.05, 0) is 46.5 Å². The third-order valence-corrected chi connectivity index (χ3v) is 7.73. The maximum absolute atomic E-state index is 14.5. The fourth-order valence-electron chi connectivity index (χ4n) is 5.79. The molecule has 6 rings (SSSR count). The van der Waals surface area contributed by atoms with E-state index in [4.69, 9.17) is 0 Å². The average Bonchev–Trinajstić information content (AvgIpc) is 3.61. The predicted octanol–water partition coefficient (Wildman–Crippen LogP) is 7.79. The van der Waals surface area contributed by atoms with E-state index in [1.807, 2.05) is 48.5 Å². The number of rotatable bonds is 5. The Bertz CT molecular complexity index is 1450. The van der Waals surface area contributed by atoms with Crippen LogP contribution in [0.5, 0.6) is 0 Å². The Morgan fingerprint density at radius 2 is 0.806 bits per heavy atom. The Hall–Kier alpha value is -3.95. The molecule has 0 N–H and O–H groups in total. The Morgan fingerprint density at radius 1 is 0.472 bits per heavy atom. The minimum absolute atomic E-state index is 0.00456. The summed E-state index contributed by atoms with van der Waals surface area (Å²) < 4.78 is 1.00. The summed E-state index contributed by atoms with van der Waals surface area (Å²) in [5.41, 5.74) is 3.48. The van der Waals surface area contributed by atoms with Crippen LogP contribution in [-0.2, 0) is 11.1 Å². The van der Waals surface area contributed by atoms with Crippen molar-refractivity contribution in [1.29, 1.82) is 0 Å². The molecule has 0 bridgehead atoms. The van der Waals surface area contributed by atoms with E-state index in [2.05, 4.69) is 118 Å². The van der Waals surface area contributed by atoms with Crippen LogP contribution in [0.25, 0.3) is 0 Å². The summed E-state index contributed by atoms with van der Waals surface area (Å²) in [7, 11) is 0. The predicted molar refractivity (Wildman–Crippen MR) is 148 cm³/mol. The van der Waals surface area contributed by atoms with Gasteiger partial charge >= 0.3 is 0 Å². The highest BCUT2D eigenvalue weighted by atomic mass is 79.9. The number of carbonyl (C=O) groups excluding carboxylic acids is 1. The molecule has 1 atom stereocenters. The quantitative estimate of drug-likeness (QED) is 0.213. The zero-order valence-corrected chi connectivity index (χ0v) is 21.2. The summed E-state index contributed by atoms with van der Waals surface area (Å²) in [5.74, 6) is -0.00456. The van der Waals surface area contributed by atoms with Gasteiger partial charge < -0.3 is 4.90 Å². The fourth-order valence-corrected chi connectivity index (χ4v) is 6.05. The first-order valence-electron chi connectivity index (χ1n) is 12.0. The number of hydrogen-bond acceptors (Lipinski definition) is 1. The molecule has 1 heterocycles. The normalized spacial score (nSPS) is 18.0. The molecule has 0 aliphatic carbocycles. The number of halogens is 1. The zero-order chi connectivity index (χ0) is 24.6. The SMILES string of the molecule is O=C(c1ccccc1)N1C(c2ccccc2)(c2ccccc2)C1(c1ccccc1)c1ccc(Br)cc1. The molecule has 1 aliphatic heterocycles. The molecule has 1 amide bonds. The van der Waals surface area contributed by atoms with Gasteiger partial charge in [0.15, 0.2) is 0 Å². The molecule has 0 radical (unpaired) electrons. The summed E-state index contributed by atoms with van der Waals surface area (Å²) in [4.78, 5) is 16.6. The molecule has 1 saturated heterocycles. The van der Waals surface area contributed by atoms with Crippen molar-refractivity contribution in [2.75, 3.05) is 0 Å². The van der Waals surface area contributed by atoms with E-state index in [1.54, 1.807) is 0 Å². The second-order valence-corrected chi connectivity index (χ2v) is 9.95. The van der Waals surface area contributed by atoms with Crippen LogP contribution in [0.3, 0.4) is 0 Å². The van der Waals surface area contributed by atoms with Gasteiger partial charge in [-0.2, -0.15) is 0 Å². The number of nitrogens with zero attached hydrogens (tertiary/aromatic N) is 1. The van der Waals surface area contributed by atoms with E-state index in [9.17, 15) is 4.79 Å². The van der Waals surface area contributed by atoms with E-state index in [-0.39, 0.29) is 5.91 Å². The van der Waals surface area contributed by atoms with Gasteiger partial charge in [-0.15, -0.1) is 0 Å². The highest BCUT2D eigenvalue weighted by molar-refractivity contribution is 9.10. The Balaban J connectivity index is 1.75. The molecule has 0 spiro atoms. The number of carbonyl (C=O) groups is 1. The van der Waals surface area contributed by atoms with Gasteiger partial charge in [0.1, 0.15) is 11.1 Å². The van der Waals surface area contributed by atoms with Crippen molar-refractivity contribution in [2.45, 2.75) is 11.1 Å². The lowest BCUT2D eigenvalue weighted by Gasteiger charge is -2.24. The van der Waals surface area contributed by atoms with E-state index in [0.717, 1.165) is 26.7 Å². The molecule has 1 aliphatic rings. The van der Waals surface area contributed by atoms with Crippen molar-refractivity contribution in [3.63, 3.8) is 0 Å². The molecule has 174 valence electrons. The summed E-state index contributed by atoms with van der Waals surface area (Å²) in [5, 5.41) is 0. The Labute approximate surface area is 220 Å². The summed E-state index contributed by atoms with van der Waals surface area (Å²) in [6.07, 6.45) is 0. The van der Waals surface area contributed by atoms with Crippen LogP contribution in [0.1, 0.15) is 32.6 Å². The van der Waals surface area contributed by atoms with Crippen LogP contribution < -0.4 is 0 Å². The minimum Gasteiger partial charge on any atom is -0.305 e. The molecule has 3 heteroatoms. The molecule has 1 unspecified atom stereocenters. The van der Waals surface area contributed by atoms with Gasteiger partial charge in [-0.25, -0.2) is 0 Å². The van der Waals surface area contributed by atoms with Gasteiger partial charge in [-0.1, -0.05) is 137 Å². The van der Waals surface area contributed by atoms with Crippen LogP contribution in [-0.4, -0.2) is 10.8 Å². The molecular weight excluding hydrogens is 506 g/mol. The van der Waals surface area contributed by atoms with E-state index < -0.39 is 11.1 Å². The van der Waals surface area contributed by atoms with Crippen LogP contribution >= 0.6 is 15.9 Å². The molecule has 2 nitrogen and oxygen atoms in total. The maximum atomic E-state index is 14.5. The Kier molecular flexibility index (Phi) is 5.58.